The molecular weight excluding hydrogens is 512 g/mol. The highest BCUT2D eigenvalue weighted by molar-refractivity contribution is 9.11. The molecule has 4 nitrogen and oxygen atoms in total. The Morgan fingerprint density at radius 1 is 0.633 bits per heavy atom. The van der Waals surface area contributed by atoms with Crippen LogP contribution in [-0.2, 0) is 9.47 Å². The van der Waals surface area contributed by atoms with E-state index in [1.807, 2.05) is 48.5 Å². The molecule has 0 heterocycles. The third-order valence-corrected chi connectivity index (χ3v) is 6.36. The lowest BCUT2D eigenvalue weighted by Gasteiger charge is -2.19. The fraction of sp³-hybridized carbons (Fsp3) is 0.0833. The van der Waals surface area contributed by atoms with Crippen molar-refractivity contribution in [2.45, 2.75) is 0 Å². The van der Waals surface area contributed by atoms with Crippen molar-refractivity contribution in [3.05, 3.63) is 80.7 Å². The maximum Gasteiger partial charge on any atom is 0.338 e. The molecule has 0 N–H and O–H groups in total. The van der Waals surface area contributed by atoms with Gasteiger partial charge in [-0.15, -0.1) is 0 Å². The van der Waals surface area contributed by atoms with E-state index in [0.29, 0.717) is 22.3 Å². The monoisotopic (exact) mass is 526 g/mol. The molecule has 0 bridgehead atoms. The van der Waals surface area contributed by atoms with Crippen molar-refractivity contribution in [2.75, 3.05) is 14.2 Å². The number of fused-ring (bicyclic) bond motifs is 2. The molecule has 0 aromatic heterocycles. The summed E-state index contributed by atoms with van der Waals surface area (Å²) in [6.07, 6.45) is 0. The van der Waals surface area contributed by atoms with Gasteiger partial charge in [-0.05, 0) is 33.7 Å². The van der Waals surface area contributed by atoms with Gasteiger partial charge >= 0.3 is 11.9 Å². The van der Waals surface area contributed by atoms with Gasteiger partial charge in [0.2, 0.25) is 0 Å². The second kappa shape index (κ2) is 8.20. The summed E-state index contributed by atoms with van der Waals surface area (Å²) in [6, 6.07) is 18.9. The van der Waals surface area contributed by atoms with Crippen LogP contribution in [0.5, 0.6) is 0 Å². The molecule has 0 spiro atoms. The summed E-state index contributed by atoms with van der Waals surface area (Å²) in [5.41, 5.74) is 1.98. The van der Waals surface area contributed by atoms with Crippen LogP contribution in [0.2, 0.25) is 0 Å². The van der Waals surface area contributed by atoms with E-state index < -0.39 is 11.9 Å². The topological polar surface area (TPSA) is 52.6 Å². The molecule has 150 valence electrons. The predicted octanol–water partition coefficient (Wildman–Crippen LogP) is 6.76. The summed E-state index contributed by atoms with van der Waals surface area (Å²) in [4.78, 5) is 25.6. The summed E-state index contributed by atoms with van der Waals surface area (Å²) in [5.74, 6) is -0.974. The zero-order valence-electron chi connectivity index (χ0n) is 16.2. The van der Waals surface area contributed by atoms with Crippen LogP contribution in [0.15, 0.2) is 69.6 Å². The van der Waals surface area contributed by atoms with Gasteiger partial charge in [-0.2, -0.15) is 0 Å². The summed E-state index contributed by atoms with van der Waals surface area (Å²) in [6.45, 7) is 0. The Hall–Kier alpha value is -2.70. The molecule has 0 radical (unpaired) electrons. The zero-order chi connectivity index (χ0) is 21.4. The van der Waals surface area contributed by atoms with Crippen molar-refractivity contribution in [1.29, 1.82) is 0 Å². The molecule has 0 aliphatic rings. The van der Waals surface area contributed by atoms with Crippen LogP contribution in [0.25, 0.3) is 32.7 Å². The van der Waals surface area contributed by atoms with Gasteiger partial charge in [0.15, 0.2) is 0 Å². The minimum atomic E-state index is -0.487. The number of esters is 2. The number of hydrogen-bond acceptors (Lipinski definition) is 4. The Balaban J connectivity index is 2.29. The molecule has 6 heteroatoms. The van der Waals surface area contributed by atoms with Gasteiger partial charge in [0, 0.05) is 20.1 Å². The number of carbonyl (C=O) groups is 2. The quantitative estimate of drug-likeness (QED) is 0.276. The van der Waals surface area contributed by atoms with Crippen LogP contribution in [0.3, 0.4) is 0 Å². The molecule has 4 aromatic carbocycles. The van der Waals surface area contributed by atoms with Crippen molar-refractivity contribution >= 4 is 65.3 Å². The molecule has 4 aromatic rings. The molecule has 0 saturated carbocycles. The van der Waals surface area contributed by atoms with Crippen LogP contribution in [0.4, 0.5) is 0 Å². The van der Waals surface area contributed by atoms with Gasteiger partial charge in [0.05, 0.1) is 25.3 Å². The molecule has 0 saturated heterocycles. The first-order chi connectivity index (χ1) is 14.5. The number of rotatable bonds is 3. The Kier molecular flexibility index (Phi) is 5.62. The smallest absolute Gasteiger partial charge is 0.338 e. The van der Waals surface area contributed by atoms with E-state index in [9.17, 15) is 9.59 Å². The Bertz CT molecular complexity index is 1220. The van der Waals surface area contributed by atoms with Gasteiger partial charge < -0.3 is 9.47 Å². The summed E-state index contributed by atoms with van der Waals surface area (Å²) >= 11 is 7.14. The predicted molar refractivity (Wildman–Crippen MR) is 125 cm³/mol. The highest BCUT2D eigenvalue weighted by atomic mass is 79.9. The number of carbonyl (C=O) groups excluding carboxylic acids is 2. The highest BCUT2D eigenvalue weighted by Crippen LogP contribution is 2.43. The minimum Gasteiger partial charge on any atom is -0.465 e. The van der Waals surface area contributed by atoms with E-state index in [2.05, 4.69) is 31.9 Å². The van der Waals surface area contributed by atoms with E-state index in [0.717, 1.165) is 30.5 Å². The maximum absolute atomic E-state index is 12.8. The van der Waals surface area contributed by atoms with Gasteiger partial charge in [-0.1, -0.05) is 80.4 Å². The van der Waals surface area contributed by atoms with Crippen LogP contribution in [0.1, 0.15) is 20.7 Å². The van der Waals surface area contributed by atoms with Crippen molar-refractivity contribution in [2.24, 2.45) is 0 Å². The highest BCUT2D eigenvalue weighted by Gasteiger charge is 2.26. The van der Waals surface area contributed by atoms with E-state index in [1.54, 1.807) is 12.1 Å². The molecule has 0 amide bonds. The fourth-order valence-electron chi connectivity index (χ4n) is 3.74. The van der Waals surface area contributed by atoms with Crippen molar-refractivity contribution in [3.63, 3.8) is 0 Å². The number of methoxy groups -OCH3 is 2. The first-order valence-electron chi connectivity index (χ1n) is 9.07. The third kappa shape index (κ3) is 3.30. The van der Waals surface area contributed by atoms with Crippen molar-refractivity contribution < 1.29 is 19.1 Å². The van der Waals surface area contributed by atoms with Gasteiger partial charge in [-0.25, -0.2) is 9.59 Å². The number of ether oxygens (including phenoxy) is 2. The molecule has 0 aliphatic heterocycles. The van der Waals surface area contributed by atoms with E-state index in [-0.39, 0.29) is 0 Å². The van der Waals surface area contributed by atoms with E-state index in [4.69, 9.17) is 9.47 Å². The minimum absolute atomic E-state index is 0.362. The van der Waals surface area contributed by atoms with Crippen molar-refractivity contribution in [1.82, 2.24) is 0 Å². The number of halogens is 2. The molecule has 0 unspecified atom stereocenters. The number of benzene rings is 4. The lowest BCUT2D eigenvalue weighted by atomic mass is 9.87. The van der Waals surface area contributed by atoms with Gasteiger partial charge in [0.1, 0.15) is 0 Å². The van der Waals surface area contributed by atoms with E-state index >= 15 is 0 Å². The third-order valence-electron chi connectivity index (χ3n) is 5.05. The lowest BCUT2D eigenvalue weighted by Crippen LogP contribution is -2.09. The second-order valence-electron chi connectivity index (χ2n) is 6.64. The SMILES string of the molecule is COC(=O)c1cc(Br)c2ccccc2c1-c1c(C(=O)OC)cc(Br)c2ccccc12. The fourth-order valence-corrected chi connectivity index (χ4v) is 4.89. The first kappa shape index (κ1) is 20.6. The van der Waals surface area contributed by atoms with Crippen molar-refractivity contribution in [3.8, 4) is 11.1 Å². The van der Waals surface area contributed by atoms with Gasteiger partial charge in [-0.3, -0.25) is 0 Å². The second-order valence-corrected chi connectivity index (χ2v) is 8.34. The summed E-state index contributed by atoms with van der Waals surface area (Å²) < 4.78 is 11.7. The molecule has 0 fully saturated rings. The molecule has 0 atom stereocenters. The van der Waals surface area contributed by atoms with E-state index in [1.165, 1.54) is 14.2 Å². The molecule has 30 heavy (non-hydrogen) atoms. The van der Waals surface area contributed by atoms with Crippen LogP contribution < -0.4 is 0 Å². The van der Waals surface area contributed by atoms with Crippen LogP contribution in [-0.4, -0.2) is 26.2 Å². The normalized spacial score (nSPS) is 10.9. The lowest BCUT2D eigenvalue weighted by molar-refractivity contribution is 0.0590. The molecular formula is C24H16Br2O4. The van der Waals surface area contributed by atoms with Crippen LogP contribution in [0, 0.1) is 0 Å². The largest absolute Gasteiger partial charge is 0.465 e. The maximum atomic E-state index is 12.8. The Morgan fingerprint density at radius 3 is 1.30 bits per heavy atom. The molecule has 0 aliphatic carbocycles. The summed E-state index contributed by atoms with van der Waals surface area (Å²) in [7, 11) is 2.69. The average Bonchev–Trinajstić information content (AvgIpc) is 2.78. The zero-order valence-corrected chi connectivity index (χ0v) is 19.3. The standard InChI is InChI=1S/C24H16Br2O4/c1-29-23(27)17-11-19(25)13-7-3-5-9-15(13)21(17)22-16-10-6-4-8-14(16)20(26)12-18(22)24(28)30-2/h3-12H,1-2H3. The molecule has 4 rings (SSSR count). The average molecular weight is 528 g/mol. The van der Waals surface area contributed by atoms with Gasteiger partial charge in [0.25, 0.3) is 0 Å². The Morgan fingerprint density at radius 2 is 0.967 bits per heavy atom. The first-order valence-corrected chi connectivity index (χ1v) is 10.7. The summed E-state index contributed by atoms with van der Waals surface area (Å²) in [5, 5.41) is 3.49. The van der Waals surface area contributed by atoms with Crippen LogP contribution >= 0.6 is 31.9 Å². The number of hydrogen-bond donors (Lipinski definition) is 0. The Labute approximate surface area is 190 Å².